The number of amides is 1. The Hall–Kier alpha value is -2.21. The number of thiophene rings is 1. The molecule has 0 saturated heterocycles. The van der Waals surface area contributed by atoms with Crippen molar-refractivity contribution in [3.05, 3.63) is 51.5 Å². The lowest BCUT2D eigenvalue weighted by Gasteiger charge is -2.07. The summed E-state index contributed by atoms with van der Waals surface area (Å²) in [5.41, 5.74) is 1.52. The van der Waals surface area contributed by atoms with Gasteiger partial charge >= 0.3 is 5.97 Å². The van der Waals surface area contributed by atoms with Crippen LogP contribution < -0.4 is 5.32 Å². The second kappa shape index (κ2) is 5.83. The first-order chi connectivity index (χ1) is 9.52. The zero-order valence-corrected chi connectivity index (χ0v) is 11.7. The van der Waals surface area contributed by atoms with Crippen LogP contribution in [0, 0.1) is 12.7 Å². The van der Waals surface area contributed by atoms with E-state index in [0.29, 0.717) is 5.56 Å². The van der Waals surface area contributed by atoms with Crippen LogP contribution in [-0.4, -0.2) is 19.0 Å². The van der Waals surface area contributed by atoms with Crippen LogP contribution in [0.5, 0.6) is 0 Å². The molecule has 0 fully saturated rings. The van der Waals surface area contributed by atoms with Crippen LogP contribution in [0.25, 0.3) is 0 Å². The third kappa shape index (κ3) is 2.85. The molecule has 0 aliphatic heterocycles. The lowest BCUT2D eigenvalue weighted by molar-refractivity contribution is 0.0595. The van der Waals surface area contributed by atoms with Gasteiger partial charge in [0.15, 0.2) is 0 Å². The van der Waals surface area contributed by atoms with Gasteiger partial charge in [-0.1, -0.05) is 0 Å². The standard InChI is InChI=1S/C14H12FNO3S/c1-8-6-20-7-11(8)13(17)16-9-3-4-10(12(15)5-9)14(18)19-2/h3-7H,1-2H3,(H,16,17). The monoisotopic (exact) mass is 293 g/mol. The molecular weight excluding hydrogens is 281 g/mol. The number of ether oxygens (including phenoxy) is 1. The highest BCUT2D eigenvalue weighted by Crippen LogP contribution is 2.19. The van der Waals surface area contributed by atoms with Crippen molar-refractivity contribution in [2.24, 2.45) is 0 Å². The lowest BCUT2D eigenvalue weighted by Crippen LogP contribution is -2.13. The van der Waals surface area contributed by atoms with Crippen molar-refractivity contribution in [2.75, 3.05) is 12.4 Å². The van der Waals surface area contributed by atoms with Gasteiger partial charge in [-0.05, 0) is 36.1 Å². The van der Waals surface area contributed by atoms with Gasteiger partial charge in [0.1, 0.15) is 5.82 Å². The van der Waals surface area contributed by atoms with Crippen molar-refractivity contribution in [3.63, 3.8) is 0 Å². The largest absolute Gasteiger partial charge is 0.465 e. The van der Waals surface area contributed by atoms with Gasteiger partial charge in [0.2, 0.25) is 0 Å². The van der Waals surface area contributed by atoms with E-state index < -0.39 is 11.8 Å². The lowest BCUT2D eigenvalue weighted by atomic mass is 10.1. The molecule has 6 heteroatoms. The smallest absolute Gasteiger partial charge is 0.340 e. The number of hydrogen-bond acceptors (Lipinski definition) is 4. The molecule has 0 radical (unpaired) electrons. The highest BCUT2D eigenvalue weighted by molar-refractivity contribution is 7.08. The molecule has 0 bridgehead atoms. The fourth-order valence-electron chi connectivity index (χ4n) is 1.66. The first-order valence-electron chi connectivity index (χ1n) is 5.75. The average Bonchev–Trinajstić information content (AvgIpc) is 2.84. The number of carbonyl (C=O) groups excluding carboxylic acids is 2. The van der Waals surface area contributed by atoms with E-state index in [-0.39, 0.29) is 17.2 Å². The molecule has 1 aromatic carbocycles. The molecular formula is C14H12FNO3S. The van der Waals surface area contributed by atoms with Crippen LogP contribution >= 0.6 is 11.3 Å². The summed E-state index contributed by atoms with van der Waals surface area (Å²) in [6, 6.07) is 3.82. The number of aryl methyl sites for hydroxylation is 1. The SMILES string of the molecule is COC(=O)c1ccc(NC(=O)c2cscc2C)cc1F. The number of benzene rings is 1. The van der Waals surface area contributed by atoms with Gasteiger partial charge in [0, 0.05) is 11.1 Å². The molecule has 0 atom stereocenters. The van der Waals surface area contributed by atoms with Gasteiger partial charge in [-0.25, -0.2) is 9.18 Å². The van der Waals surface area contributed by atoms with Crippen LogP contribution in [0.1, 0.15) is 26.3 Å². The molecule has 1 N–H and O–H groups in total. The number of halogens is 1. The highest BCUT2D eigenvalue weighted by Gasteiger charge is 2.14. The van der Waals surface area contributed by atoms with Crippen molar-refractivity contribution < 1.29 is 18.7 Å². The Morgan fingerprint density at radius 2 is 2.00 bits per heavy atom. The van der Waals surface area contributed by atoms with Gasteiger partial charge in [0.25, 0.3) is 5.91 Å². The molecule has 2 aromatic rings. The Morgan fingerprint density at radius 3 is 2.55 bits per heavy atom. The van der Waals surface area contributed by atoms with Crippen LogP contribution in [0.3, 0.4) is 0 Å². The number of methoxy groups -OCH3 is 1. The maximum atomic E-state index is 13.7. The maximum absolute atomic E-state index is 13.7. The first kappa shape index (κ1) is 14.2. The fourth-order valence-corrected chi connectivity index (χ4v) is 2.49. The maximum Gasteiger partial charge on any atom is 0.340 e. The summed E-state index contributed by atoms with van der Waals surface area (Å²) >= 11 is 1.42. The molecule has 0 unspecified atom stereocenters. The van der Waals surface area contributed by atoms with E-state index in [2.05, 4.69) is 10.1 Å². The Bertz CT molecular complexity index is 666. The van der Waals surface area contributed by atoms with E-state index in [9.17, 15) is 14.0 Å². The Morgan fingerprint density at radius 1 is 1.25 bits per heavy atom. The summed E-state index contributed by atoms with van der Waals surface area (Å²) in [5.74, 6) is -1.81. The number of rotatable bonds is 3. The number of hydrogen-bond donors (Lipinski definition) is 1. The minimum absolute atomic E-state index is 0.169. The normalized spacial score (nSPS) is 10.2. The molecule has 1 heterocycles. The van der Waals surface area contributed by atoms with E-state index in [1.54, 1.807) is 5.38 Å². The highest BCUT2D eigenvalue weighted by atomic mass is 32.1. The molecule has 0 spiro atoms. The zero-order chi connectivity index (χ0) is 14.7. The topological polar surface area (TPSA) is 55.4 Å². The van der Waals surface area contributed by atoms with Gasteiger partial charge in [-0.3, -0.25) is 4.79 Å². The van der Waals surface area contributed by atoms with E-state index in [0.717, 1.165) is 11.6 Å². The molecule has 1 amide bonds. The van der Waals surface area contributed by atoms with E-state index in [1.165, 1.54) is 30.6 Å². The summed E-state index contributed by atoms with van der Waals surface area (Å²) in [6.45, 7) is 1.83. The Balaban J connectivity index is 2.19. The Labute approximate surface area is 119 Å². The van der Waals surface area contributed by atoms with Gasteiger partial charge < -0.3 is 10.1 Å². The van der Waals surface area contributed by atoms with Crippen LogP contribution in [0.2, 0.25) is 0 Å². The molecule has 20 heavy (non-hydrogen) atoms. The minimum Gasteiger partial charge on any atom is -0.465 e. The van der Waals surface area contributed by atoms with Crippen molar-refractivity contribution in [1.82, 2.24) is 0 Å². The van der Waals surface area contributed by atoms with E-state index in [1.807, 2.05) is 12.3 Å². The number of esters is 1. The molecule has 0 aliphatic rings. The number of anilines is 1. The molecule has 2 rings (SSSR count). The van der Waals surface area contributed by atoms with Gasteiger partial charge in [0.05, 0.1) is 18.2 Å². The minimum atomic E-state index is -0.756. The third-order valence-electron chi connectivity index (χ3n) is 2.73. The molecule has 1 aromatic heterocycles. The fraction of sp³-hybridized carbons (Fsp3) is 0.143. The van der Waals surface area contributed by atoms with E-state index in [4.69, 9.17) is 0 Å². The predicted molar refractivity (Wildman–Crippen MR) is 74.7 cm³/mol. The second-order valence-corrected chi connectivity index (χ2v) is 4.85. The number of carbonyl (C=O) groups is 2. The van der Waals surface area contributed by atoms with Crippen LogP contribution in [-0.2, 0) is 4.74 Å². The van der Waals surface area contributed by atoms with E-state index >= 15 is 0 Å². The van der Waals surface area contributed by atoms with Crippen molar-refractivity contribution >= 4 is 28.9 Å². The van der Waals surface area contributed by atoms with Crippen LogP contribution in [0.15, 0.2) is 29.0 Å². The van der Waals surface area contributed by atoms with Gasteiger partial charge in [-0.2, -0.15) is 11.3 Å². The third-order valence-corrected chi connectivity index (χ3v) is 3.59. The summed E-state index contributed by atoms with van der Waals surface area (Å²) in [7, 11) is 1.18. The molecule has 4 nitrogen and oxygen atoms in total. The predicted octanol–water partition coefficient (Wildman–Crippen LogP) is 3.23. The summed E-state index contributed by atoms with van der Waals surface area (Å²) < 4.78 is 18.2. The number of nitrogens with one attached hydrogen (secondary N) is 1. The van der Waals surface area contributed by atoms with Gasteiger partial charge in [-0.15, -0.1) is 0 Å². The summed E-state index contributed by atoms with van der Waals surface area (Å²) in [6.07, 6.45) is 0. The van der Waals surface area contributed by atoms with Crippen LogP contribution in [0.4, 0.5) is 10.1 Å². The summed E-state index contributed by atoms with van der Waals surface area (Å²) in [4.78, 5) is 23.2. The zero-order valence-electron chi connectivity index (χ0n) is 10.9. The van der Waals surface area contributed by atoms with Crippen molar-refractivity contribution in [3.8, 4) is 0 Å². The second-order valence-electron chi connectivity index (χ2n) is 4.11. The Kier molecular flexibility index (Phi) is 4.14. The quantitative estimate of drug-likeness (QED) is 0.884. The average molecular weight is 293 g/mol. The molecule has 104 valence electrons. The summed E-state index contributed by atoms with van der Waals surface area (Å²) in [5, 5.41) is 6.17. The molecule has 0 aliphatic carbocycles. The molecule has 0 saturated carbocycles. The van der Waals surface area contributed by atoms with Crippen molar-refractivity contribution in [2.45, 2.75) is 6.92 Å². The first-order valence-corrected chi connectivity index (χ1v) is 6.69. The van der Waals surface area contributed by atoms with Crippen molar-refractivity contribution in [1.29, 1.82) is 0 Å².